The first-order valence-electron chi connectivity index (χ1n) is 8.78. The summed E-state index contributed by atoms with van der Waals surface area (Å²) in [6.07, 6.45) is 0. The number of hydrogen-bond acceptors (Lipinski definition) is 3. The van der Waals surface area contributed by atoms with E-state index in [-0.39, 0.29) is 17.9 Å². The van der Waals surface area contributed by atoms with E-state index in [1.807, 2.05) is 50.2 Å². The van der Waals surface area contributed by atoms with Gasteiger partial charge in [0.15, 0.2) is 0 Å². The lowest BCUT2D eigenvalue weighted by atomic mass is 9.82. The van der Waals surface area contributed by atoms with Gasteiger partial charge >= 0.3 is 0 Å². The molecular weight excluding hydrogens is 326 g/mol. The van der Waals surface area contributed by atoms with E-state index >= 15 is 0 Å². The summed E-state index contributed by atoms with van der Waals surface area (Å²) in [5, 5.41) is 0. The van der Waals surface area contributed by atoms with Crippen molar-refractivity contribution in [1.29, 1.82) is 0 Å². The van der Waals surface area contributed by atoms with Crippen molar-refractivity contribution in [3.8, 4) is 0 Å². The monoisotopic (exact) mass is 347 g/mol. The SMILES string of the molecule is CC(C)N1C(=O)c2ccc(C(C)(C)c3nc4ccccc4[nH]3)cc2C1=O. The molecule has 1 aliphatic rings. The Morgan fingerprint density at radius 1 is 1.00 bits per heavy atom. The van der Waals surface area contributed by atoms with E-state index in [2.05, 4.69) is 18.8 Å². The Bertz CT molecular complexity index is 1010. The summed E-state index contributed by atoms with van der Waals surface area (Å²) in [5.74, 6) is 0.395. The highest BCUT2D eigenvalue weighted by molar-refractivity contribution is 6.21. The number of aromatic nitrogens is 2. The van der Waals surface area contributed by atoms with Gasteiger partial charge in [-0.2, -0.15) is 0 Å². The Morgan fingerprint density at radius 3 is 2.38 bits per heavy atom. The summed E-state index contributed by atoms with van der Waals surface area (Å²) < 4.78 is 0. The standard InChI is InChI=1S/C21H21N3O2/c1-12(2)24-18(25)14-10-9-13(11-15(14)19(24)26)21(3,4)20-22-16-7-5-6-8-17(16)23-20/h5-12H,1-4H3,(H,22,23). The zero-order valence-corrected chi connectivity index (χ0v) is 15.3. The molecule has 2 heterocycles. The molecule has 0 unspecified atom stereocenters. The van der Waals surface area contributed by atoms with Crippen molar-refractivity contribution in [1.82, 2.24) is 14.9 Å². The van der Waals surface area contributed by atoms with Crippen LogP contribution in [0.5, 0.6) is 0 Å². The van der Waals surface area contributed by atoms with E-state index in [4.69, 9.17) is 4.98 Å². The smallest absolute Gasteiger partial charge is 0.261 e. The molecule has 0 bridgehead atoms. The molecule has 5 nitrogen and oxygen atoms in total. The van der Waals surface area contributed by atoms with Gasteiger partial charge in [-0.3, -0.25) is 14.5 Å². The largest absolute Gasteiger partial charge is 0.341 e. The highest BCUT2D eigenvalue weighted by Gasteiger charge is 2.38. The predicted octanol–water partition coefficient (Wildman–Crippen LogP) is 3.89. The Balaban J connectivity index is 1.80. The van der Waals surface area contributed by atoms with E-state index in [0.29, 0.717) is 11.1 Å². The van der Waals surface area contributed by atoms with Crippen molar-refractivity contribution in [2.45, 2.75) is 39.2 Å². The minimum absolute atomic E-state index is 0.158. The summed E-state index contributed by atoms with van der Waals surface area (Å²) in [6.45, 7) is 7.82. The molecule has 2 aromatic carbocycles. The summed E-state index contributed by atoms with van der Waals surface area (Å²) in [7, 11) is 0. The van der Waals surface area contributed by atoms with Crippen LogP contribution in [0.2, 0.25) is 0 Å². The normalized spacial score (nSPS) is 14.6. The number of rotatable bonds is 3. The van der Waals surface area contributed by atoms with Crippen LogP contribution < -0.4 is 0 Å². The van der Waals surface area contributed by atoms with Gasteiger partial charge in [-0.05, 0) is 57.5 Å². The number of nitrogens with one attached hydrogen (secondary N) is 1. The molecule has 1 aromatic heterocycles. The molecule has 0 radical (unpaired) electrons. The number of aromatic amines is 1. The van der Waals surface area contributed by atoms with E-state index in [1.165, 1.54) is 4.90 Å². The van der Waals surface area contributed by atoms with Crippen LogP contribution in [0.4, 0.5) is 0 Å². The number of H-pyrrole nitrogens is 1. The van der Waals surface area contributed by atoms with Crippen molar-refractivity contribution in [2.75, 3.05) is 0 Å². The first kappa shape index (κ1) is 16.5. The molecule has 1 N–H and O–H groups in total. The lowest BCUT2D eigenvalue weighted by molar-refractivity contribution is 0.0609. The fourth-order valence-corrected chi connectivity index (χ4v) is 3.50. The zero-order chi connectivity index (χ0) is 18.6. The molecule has 0 saturated heterocycles. The molecule has 4 rings (SSSR count). The summed E-state index contributed by atoms with van der Waals surface area (Å²) >= 11 is 0. The van der Waals surface area contributed by atoms with Crippen LogP contribution in [-0.2, 0) is 5.41 Å². The van der Waals surface area contributed by atoms with E-state index < -0.39 is 5.41 Å². The van der Waals surface area contributed by atoms with Crippen LogP contribution in [0.3, 0.4) is 0 Å². The summed E-state index contributed by atoms with van der Waals surface area (Å²) in [6, 6.07) is 13.3. The number of imide groups is 1. The molecule has 0 saturated carbocycles. The molecule has 0 atom stereocenters. The van der Waals surface area contributed by atoms with Gasteiger partial charge in [0, 0.05) is 11.5 Å². The number of nitrogens with zero attached hydrogens (tertiary/aromatic N) is 2. The Kier molecular flexibility index (Phi) is 3.51. The average molecular weight is 347 g/mol. The molecule has 2 amide bonds. The van der Waals surface area contributed by atoms with Crippen molar-refractivity contribution in [3.63, 3.8) is 0 Å². The molecule has 5 heteroatoms. The lowest BCUT2D eigenvalue weighted by Gasteiger charge is -2.23. The number of fused-ring (bicyclic) bond motifs is 2. The minimum atomic E-state index is -0.428. The van der Waals surface area contributed by atoms with Gasteiger partial charge in [-0.1, -0.05) is 18.2 Å². The average Bonchev–Trinajstić information content (AvgIpc) is 3.15. The predicted molar refractivity (Wildman–Crippen MR) is 100 cm³/mol. The third kappa shape index (κ3) is 2.27. The van der Waals surface area contributed by atoms with Crippen LogP contribution in [0, 0.1) is 0 Å². The molecule has 0 fully saturated rings. The number of benzene rings is 2. The summed E-state index contributed by atoms with van der Waals surface area (Å²) in [4.78, 5) is 34.6. The Labute approximate surface area is 152 Å². The molecule has 3 aromatic rings. The number of carbonyl (C=O) groups excluding carboxylic acids is 2. The van der Waals surface area contributed by atoms with Crippen LogP contribution in [0.15, 0.2) is 42.5 Å². The zero-order valence-electron chi connectivity index (χ0n) is 15.3. The van der Waals surface area contributed by atoms with Crippen LogP contribution in [0.25, 0.3) is 11.0 Å². The fourth-order valence-electron chi connectivity index (χ4n) is 3.50. The molecule has 0 aliphatic carbocycles. The maximum atomic E-state index is 12.7. The lowest BCUT2D eigenvalue weighted by Crippen LogP contribution is -2.35. The van der Waals surface area contributed by atoms with Crippen LogP contribution >= 0.6 is 0 Å². The first-order chi connectivity index (χ1) is 12.3. The van der Waals surface area contributed by atoms with Gasteiger partial charge in [-0.25, -0.2) is 4.98 Å². The number of hydrogen-bond donors (Lipinski definition) is 1. The van der Waals surface area contributed by atoms with E-state index in [1.54, 1.807) is 6.07 Å². The minimum Gasteiger partial charge on any atom is -0.341 e. The number of para-hydroxylation sites is 2. The van der Waals surface area contributed by atoms with Gasteiger partial charge in [-0.15, -0.1) is 0 Å². The van der Waals surface area contributed by atoms with Crippen molar-refractivity contribution in [3.05, 3.63) is 65.0 Å². The van der Waals surface area contributed by atoms with Crippen molar-refractivity contribution >= 4 is 22.8 Å². The molecule has 1 aliphatic heterocycles. The number of carbonyl (C=O) groups is 2. The van der Waals surface area contributed by atoms with Gasteiger partial charge in [0.05, 0.1) is 22.2 Å². The molecule has 26 heavy (non-hydrogen) atoms. The van der Waals surface area contributed by atoms with Crippen molar-refractivity contribution in [2.24, 2.45) is 0 Å². The van der Waals surface area contributed by atoms with Gasteiger partial charge in [0.1, 0.15) is 5.82 Å². The maximum absolute atomic E-state index is 12.7. The molecule has 0 spiro atoms. The second kappa shape index (κ2) is 5.53. The third-order valence-electron chi connectivity index (χ3n) is 5.14. The van der Waals surface area contributed by atoms with Gasteiger partial charge in [0.25, 0.3) is 11.8 Å². The molecule has 132 valence electrons. The molecular formula is C21H21N3O2. The Morgan fingerprint density at radius 2 is 1.69 bits per heavy atom. The van der Waals surface area contributed by atoms with Crippen molar-refractivity contribution < 1.29 is 9.59 Å². The quantitative estimate of drug-likeness (QED) is 0.731. The first-order valence-corrected chi connectivity index (χ1v) is 8.78. The third-order valence-corrected chi connectivity index (χ3v) is 5.14. The second-order valence-electron chi connectivity index (χ2n) is 7.56. The maximum Gasteiger partial charge on any atom is 0.261 e. The van der Waals surface area contributed by atoms with Gasteiger partial charge < -0.3 is 4.98 Å². The van der Waals surface area contributed by atoms with E-state index in [9.17, 15) is 9.59 Å². The fraction of sp³-hybridized carbons (Fsp3) is 0.286. The highest BCUT2D eigenvalue weighted by Crippen LogP contribution is 2.34. The topological polar surface area (TPSA) is 66.1 Å². The second-order valence-corrected chi connectivity index (χ2v) is 7.56. The van der Waals surface area contributed by atoms with Crippen LogP contribution in [0.1, 0.15) is 59.8 Å². The van der Waals surface area contributed by atoms with Gasteiger partial charge in [0.2, 0.25) is 0 Å². The Hall–Kier alpha value is -2.95. The number of amides is 2. The summed E-state index contributed by atoms with van der Waals surface area (Å²) in [5.41, 5.74) is 3.37. The van der Waals surface area contributed by atoms with E-state index in [0.717, 1.165) is 22.4 Å². The number of imidazole rings is 1. The van der Waals surface area contributed by atoms with Crippen LogP contribution in [-0.4, -0.2) is 32.7 Å². The highest BCUT2D eigenvalue weighted by atomic mass is 16.2.